The molecule has 4 rings (SSSR count). The lowest BCUT2D eigenvalue weighted by atomic mass is 9.71. The molecule has 1 amide bonds. The van der Waals surface area contributed by atoms with Crippen LogP contribution in [0.2, 0.25) is 0 Å². The van der Waals surface area contributed by atoms with E-state index in [2.05, 4.69) is 24.3 Å². The monoisotopic (exact) mass is 336 g/mol. The number of hydrogen-bond donors (Lipinski definition) is 1. The molecule has 1 saturated carbocycles. The van der Waals surface area contributed by atoms with Crippen LogP contribution in [0.3, 0.4) is 0 Å². The maximum absolute atomic E-state index is 12.7. The summed E-state index contributed by atoms with van der Waals surface area (Å²) in [6.07, 6.45) is 8.54. The van der Waals surface area contributed by atoms with Crippen molar-refractivity contribution in [2.75, 3.05) is 6.61 Å². The molecule has 1 N–H and O–H groups in total. The van der Waals surface area contributed by atoms with E-state index in [0.717, 1.165) is 37.7 Å². The van der Waals surface area contributed by atoms with Crippen molar-refractivity contribution in [3.05, 3.63) is 41.5 Å². The molecular weight excluding hydrogens is 312 g/mol. The van der Waals surface area contributed by atoms with Crippen molar-refractivity contribution in [3.8, 4) is 6.07 Å². The third-order valence-corrected chi connectivity index (χ3v) is 6.15. The SMILES string of the molecule is N#C[C@H]1[C@@H](c2ccccc2C2=CCCC2)[C@@H](CO)N1C(=O)C1CCC1. The van der Waals surface area contributed by atoms with Crippen LogP contribution in [-0.2, 0) is 4.79 Å². The van der Waals surface area contributed by atoms with E-state index in [1.165, 1.54) is 17.6 Å². The van der Waals surface area contributed by atoms with Crippen LogP contribution in [0.25, 0.3) is 5.57 Å². The average Bonchev–Trinajstić information content (AvgIpc) is 3.08. The van der Waals surface area contributed by atoms with E-state index < -0.39 is 6.04 Å². The smallest absolute Gasteiger partial charge is 0.227 e. The summed E-state index contributed by atoms with van der Waals surface area (Å²) < 4.78 is 0. The first-order valence-corrected chi connectivity index (χ1v) is 9.37. The molecule has 130 valence electrons. The second-order valence-electron chi connectivity index (χ2n) is 7.43. The largest absolute Gasteiger partial charge is 0.394 e. The summed E-state index contributed by atoms with van der Waals surface area (Å²) in [7, 11) is 0. The second-order valence-corrected chi connectivity index (χ2v) is 7.43. The number of likely N-dealkylation sites (tertiary alicyclic amines) is 1. The van der Waals surface area contributed by atoms with Gasteiger partial charge in [0.05, 0.1) is 18.7 Å². The molecule has 1 aromatic rings. The highest BCUT2D eigenvalue weighted by Crippen LogP contribution is 2.46. The van der Waals surface area contributed by atoms with E-state index in [4.69, 9.17) is 0 Å². The molecule has 2 fully saturated rings. The van der Waals surface area contributed by atoms with Crippen molar-refractivity contribution in [2.24, 2.45) is 5.92 Å². The molecule has 0 bridgehead atoms. The third kappa shape index (κ3) is 2.58. The van der Waals surface area contributed by atoms with Gasteiger partial charge in [0.2, 0.25) is 5.91 Å². The topological polar surface area (TPSA) is 64.3 Å². The van der Waals surface area contributed by atoms with Gasteiger partial charge in [-0.05, 0) is 48.8 Å². The molecule has 3 atom stereocenters. The fourth-order valence-corrected chi connectivity index (χ4v) is 4.54. The Kier molecular flexibility index (Phi) is 4.35. The van der Waals surface area contributed by atoms with Gasteiger partial charge in [-0.25, -0.2) is 0 Å². The van der Waals surface area contributed by atoms with Crippen LogP contribution in [0.4, 0.5) is 0 Å². The molecule has 25 heavy (non-hydrogen) atoms. The highest BCUT2D eigenvalue weighted by atomic mass is 16.3. The Morgan fingerprint density at radius 3 is 2.68 bits per heavy atom. The molecule has 0 aromatic heterocycles. The molecule has 4 heteroatoms. The average molecular weight is 336 g/mol. The molecule has 2 aliphatic carbocycles. The van der Waals surface area contributed by atoms with Gasteiger partial charge in [0.1, 0.15) is 6.04 Å². The number of benzene rings is 1. The first-order valence-electron chi connectivity index (χ1n) is 9.37. The van der Waals surface area contributed by atoms with Crippen LogP contribution in [-0.4, -0.2) is 34.6 Å². The lowest BCUT2D eigenvalue weighted by Gasteiger charge is -2.53. The predicted molar refractivity (Wildman–Crippen MR) is 95.5 cm³/mol. The highest BCUT2D eigenvalue weighted by molar-refractivity contribution is 5.82. The summed E-state index contributed by atoms with van der Waals surface area (Å²) in [5.41, 5.74) is 3.64. The summed E-state index contributed by atoms with van der Waals surface area (Å²) >= 11 is 0. The van der Waals surface area contributed by atoms with E-state index >= 15 is 0 Å². The zero-order chi connectivity index (χ0) is 17.4. The molecule has 0 radical (unpaired) electrons. The maximum atomic E-state index is 12.7. The Morgan fingerprint density at radius 1 is 1.28 bits per heavy atom. The molecule has 1 saturated heterocycles. The number of nitriles is 1. The number of allylic oxidation sites excluding steroid dienone is 2. The molecular formula is C21H24N2O2. The van der Waals surface area contributed by atoms with Crippen molar-refractivity contribution in [3.63, 3.8) is 0 Å². The zero-order valence-electron chi connectivity index (χ0n) is 14.4. The van der Waals surface area contributed by atoms with Crippen molar-refractivity contribution in [2.45, 2.75) is 56.5 Å². The molecule has 1 aromatic carbocycles. The van der Waals surface area contributed by atoms with Crippen molar-refractivity contribution < 1.29 is 9.90 Å². The molecule has 1 aliphatic heterocycles. The quantitative estimate of drug-likeness (QED) is 0.918. The summed E-state index contributed by atoms with van der Waals surface area (Å²) in [6, 6.07) is 9.81. The van der Waals surface area contributed by atoms with E-state index in [0.29, 0.717) is 0 Å². The summed E-state index contributed by atoms with van der Waals surface area (Å²) in [4.78, 5) is 14.4. The molecule has 3 aliphatic rings. The van der Waals surface area contributed by atoms with Gasteiger partial charge in [-0.15, -0.1) is 0 Å². The van der Waals surface area contributed by atoms with Gasteiger partial charge in [-0.3, -0.25) is 4.79 Å². The first kappa shape index (κ1) is 16.4. The normalized spacial score (nSPS) is 28.7. The van der Waals surface area contributed by atoms with Crippen LogP contribution in [0.1, 0.15) is 55.6 Å². The van der Waals surface area contributed by atoms with Gasteiger partial charge < -0.3 is 10.0 Å². The Labute approximate surface area is 148 Å². The van der Waals surface area contributed by atoms with E-state index in [9.17, 15) is 15.2 Å². The number of amides is 1. The van der Waals surface area contributed by atoms with Gasteiger partial charge in [0.15, 0.2) is 0 Å². The maximum Gasteiger partial charge on any atom is 0.227 e. The van der Waals surface area contributed by atoms with Gasteiger partial charge in [-0.2, -0.15) is 5.26 Å². The molecule has 1 heterocycles. The van der Waals surface area contributed by atoms with Crippen LogP contribution in [0.5, 0.6) is 0 Å². The second kappa shape index (κ2) is 6.65. The zero-order valence-corrected chi connectivity index (χ0v) is 14.4. The Morgan fingerprint density at radius 2 is 2.08 bits per heavy atom. The number of aliphatic hydroxyl groups excluding tert-OH is 1. The van der Waals surface area contributed by atoms with E-state index in [1.807, 2.05) is 12.1 Å². The number of carbonyl (C=O) groups excluding carboxylic acids is 1. The van der Waals surface area contributed by atoms with Crippen LogP contribution in [0.15, 0.2) is 30.3 Å². The lowest BCUT2D eigenvalue weighted by Crippen LogP contribution is -2.66. The summed E-state index contributed by atoms with van der Waals surface area (Å²) in [5.74, 6) is 0.0148. The van der Waals surface area contributed by atoms with Crippen molar-refractivity contribution in [1.82, 2.24) is 4.90 Å². The molecule has 0 spiro atoms. The Hall–Kier alpha value is -2.12. The minimum Gasteiger partial charge on any atom is -0.394 e. The van der Waals surface area contributed by atoms with Crippen LogP contribution in [0, 0.1) is 17.2 Å². The number of rotatable bonds is 4. The van der Waals surface area contributed by atoms with E-state index in [-0.39, 0.29) is 30.4 Å². The lowest BCUT2D eigenvalue weighted by molar-refractivity contribution is -0.154. The van der Waals surface area contributed by atoms with Crippen molar-refractivity contribution in [1.29, 1.82) is 5.26 Å². The number of aliphatic hydroxyl groups is 1. The fraction of sp³-hybridized carbons (Fsp3) is 0.524. The molecule has 0 unspecified atom stereocenters. The van der Waals surface area contributed by atoms with Gasteiger partial charge in [-0.1, -0.05) is 36.8 Å². The van der Waals surface area contributed by atoms with Gasteiger partial charge >= 0.3 is 0 Å². The Bertz CT molecular complexity index is 745. The van der Waals surface area contributed by atoms with E-state index in [1.54, 1.807) is 4.90 Å². The predicted octanol–water partition coefficient (Wildman–Crippen LogP) is 3.23. The summed E-state index contributed by atoms with van der Waals surface area (Å²) in [5, 5.41) is 19.7. The minimum atomic E-state index is -0.464. The van der Waals surface area contributed by atoms with Gasteiger partial charge in [0, 0.05) is 11.8 Å². The highest BCUT2D eigenvalue weighted by Gasteiger charge is 2.53. The number of carbonyl (C=O) groups is 1. The fourth-order valence-electron chi connectivity index (χ4n) is 4.54. The number of nitrogens with zero attached hydrogens (tertiary/aromatic N) is 2. The third-order valence-electron chi connectivity index (χ3n) is 6.15. The number of hydrogen-bond acceptors (Lipinski definition) is 3. The standard InChI is InChI=1S/C21H24N2O2/c22-12-18-20(19(13-24)23(18)21(25)15-8-5-9-15)17-11-4-3-10-16(17)14-6-1-2-7-14/h3-4,6,10-11,15,18-20,24H,1-2,5,7-9,13H2/t18-,19+,20+/m0/s1. The Balaban J connectivity index is 1.66. The first-order chi connectivity index (χ1) is 12.3. The summed E-state index contributed by atoms with van der Waals surface area (Å²) in [6.45, 7) is -0.0886. The molecule has 4 nitrogen and oxygen atoms in total. The van der Waals surface area contributed by atoms with Crippen molar-refractivity contribution >= 4 is 11.5 Å². The van der Waals surface area contributed by atoms with Crippen LogP contribution < -0.4 is 0 Å². The van der Waals surface area contributed by atoms with Crippen LogP contribution >= 0.6 is 0 Å². The van der Waals surface area contributed by atoms with Gasteiger partial charge in [0.25, 0.3) is 0 Å². The minimum absolute atomic E-state index is 0.0543.